The first kappa shape index (κ1) is 19.6. The fraction of sp³-hybridized carbons (Fsp3) is 0.105. The van der Waals surface area contributed by atoms with Crippen LogP contribution in [0.15, 0.2) is 56.7 Å². The van der Waals surface area contributed by atoms with Crippen LogP contribution in [0.1, 0.15) is 5.56 Å². The van der Waals surface area contributed by atoms with Crippen LogP contribution in [0, 0.1) is 0 Å². The number of nitrogens with two attached hydrogens (primary N) is 1. The molecule has 11 heteroatoms. The average Bonchev–Trinajstić information content (AvgIpc) is 3.31. The number of nitrogens with one attached hydrogen (secondary N) is 1. The van der Waals surface area contributed by atoms with Gasteiger partial charge in [0.2, 0.25) is 0 Å². The third-order valence-electron chi connectivity index (χ3n) is 4.26. The number of ether oxygens (including phenoxy) is 1. The number of hydrogen-bond donors (Lipinski definition) is 2. The summed E-state index contributed by atoms with van der Waals surface area (Å²) in [7, 11) is 1.59. The summed E-state index contributed by atoms with van der Waals surface area (Å²) in [4.78, 5) is 17.0. The number of amides is 1. The SMILES string of the molecule is COc1ccc(/C=N\NC(=O)Cn2c(-c3nonc3N)nc3ccccc32)cc1Br. The summed E-state index contributed by atoms with van der Waals surface area (Å²) in [6.45, 7) is -0.0498. The van der Waals surface area contributed by atoms with E-state index in [-0.39, 0.29) is 24.0 Å². The maximum Gasteiger partial charge on any atom is 0.260 e. The number of nitrogens with zero attached hydrogens (tertiary/aromatic N) is 5. The van der Waals surface area contributed by atoms with Gasteiger partial charge in [-0.1, -0.05) is 12.1 Å². The summed E-state index contributed by atoms with van der Waals surface area (Å²) in [6, 6.07) is 12.8. The molecule has 0 fully saturated rings. The van der Waals surface area contributed by atoms with Gasteiger partial charge in [0.1, 0.15) is 12.3 Å². The molecule has 10 nitrogen and oxygen atoms in total. The number of hydrogen-bond acceptors (Lipinski definition) is 8. The van der Waals surface area contributed by atoms with Crippen LogP contribution in [-0.4, -0.2) is 39.1 Å². The molecule has 4 aromatic rings. The molecule has 2 aromatic heterocycles. The molecule has 0 aliphatic rings. The smallest absolute Gasteiger partial charge is 0.260 e. The van der Waals surface area contributed by atoms with Gasteiger partial charge in [-0.15, -0.1) is 0 Å². The molecule has 1 amide bonds. The number of halogens is 1. The molecule has 0 bridgehead atoms. The Balaban J connectivity index is 1.55. The molecule has 2 heterocycles. The molecule has 152 valence electrons. The molecule has 3 N–H and O–H groups in total. The van der Waals surface area contributed by atoms with E-state index in [0.29, 0.717) is 17.1 Å². The van der Waals surface area contributed by atoms with Crippen LogP contribution in [-0.2, 0) is 11.3 Å². The van der Waals surface area contributed by atoms with Gasteiger partial charge in [0.15, 0.2) is 17.3 Å². The molecule has 0 radical (unpaired) electrons. The molecule has 4 rings (SSSR count). The lowest BCUT2D eigenvalue weighted by atomic mass is 10.2. The van der Waals surface area contributed by atoms with Crippen molar-refractivity contribution in [3.63, 3.8) is 0 Å². The third kappa shape index (κ3) is 3.87. The number of hydrazone groups is 1. The van der Waals surface area contributed by atoms with Crippen molar-refractivity contribution in [3.8, 4) is 17.3 Å². The molecular weight excluding hydrogens is 454 g/mol. The van der Waals surface area contributed by atoms with E-state index in [4.69, 9.17) is 10.5 Å². The highest BCUT2D eigenvalue weighted by Gasteiger charge is 2.20. The quantitative estimate of drug-likeness (QED) is 0.327. The van der Waals surface area contributed by atoms with Crippen LogP contribution >= 0.6 is 15.9 Å². The highest BCUT2D eigenvalue weighted by molar-refractivity contribution is 9.10. The molecular formula is C19H16BrN7O3. The Morgan fingerprint density at radius 3 is 2.90 bits per heavy atom. The van der Waals surface area contributed by atoms with E-state index < -0.39 is 0 Å². The first-order chi connectivity index (χ1) is 14.6. The van der Waals surface area contributed by atoms with E-state index in [2.05, 4.69) is 46.4 Å². The normalized spacial score (nSPS) is 11.3. The Labute approximate surface area is 178 Å². The zero-order valence-corrected chi connectivity index (χ0v) is 17.3. The lowest BCUT2D eigenvalue weighted by molar-refractivity contribution is -0.121. The molecule has 2 aromatic carbocycles. The number of carbonyl (C=O) groups excluding carboxylic acids is 1. The number of imidazole rings is 1. The summed E-state index contributed by atoms with van der Waals surface area (Å²) < 4.78 is 12.3. The van der Waals surface area contributed by atoms with Gasteiger partial charge in [0, 0.05) is 0 Å². The van der Waals surface area contributed by atoms with Crippen LogP contribution in [0.5, 0.6) is 5.75 Å². The van der Waals surface area contributed by atoms with E-state index in [9.17, 15) is 4.79 Å². The number of carbonyl (C=O) groups is 1. The van der Waals surface area contributed by atoms with Crippen LogP contribution in [0.25, 0.3) is 22.6 Å². The second kappa shape index (κ2) is 8.33. The first-order valence-electron chi connectivity index (χ1n) is 8.76. The minimum Gasteiger partial charge on any atom is -0.496 e. The van der Waals surface area contributed by atoms with Crippen LogP contribution in [0.4, 0.5) is 5.82 Å². The average molecular weight is 470 g/mol. The Hall–Kier alpha value is -3.73. The van der Waals surface area contributed by atoms with Gasteiger partial charge >= 0.3 is 0 Å². The largest absolute Gasteiger partial charge is 0.496 e. The van der Waals surface area contributed by atoms with Crippen molar-refractivity contribution in [3.05, 3.63) is 52.5 Å². The van der Waals surface area contributed by atoms with Crippen LogP contribution in [0.2, 0.25) is 0 Å². The summed E-state index contributed by atoms with van der Waals surface area (Å²) in [5.74, 6) is 0.832. The van der Waals surface area contributed by atoms with E-state index in [1.165, 1.54) is 6.21 Å². The molecule has 0 saturated carbocycles. The van der Waals surface area contributed by atoms with Gasteiger partial charge in [-0.3, -0.25) is 4.79 Å². The number of nitrogen functional groups attached to an aromatic ring is 1. The first-order valence-corrected chi connectivity index (χ1v) is 9.55. The second-order valence-electron chi connectivity index (χ2n) is 6.20. The molecule has 0 spiro atoms. The molecule has 0 aliphatic heterocycles. The number of aromatic nitrogens is 4. The highest BCUT2D eigenvalue weighted by Crippen LogP contribution is 2.26. The zero-order valence-electron chi connectivity index (χ0n) is 15.7. The number of rotatable bonds is 6. The van der Waals surface area contributed by atoms with Gasteiger partial charge in [0.05, 0.1) is 28.8 Å². The highest BCUT2D eigenvalue weighted by atomic mass is 79.9. The number of methoxy groups -OCH3 is 1. The van der Waals surface area contributed by atoms with E-state index in [1.54, 1.807) is 17.7 Å². The van der Waals surface area contributed by atoms with Gasteiger partial charge < -0.3 is 15.0 Å². The summed E-state index contributed by atoms with van der Waals surface area (Å²) in [5.41, 5.74) is 10.8. The van der Waals surface area contributed by atoms with Crippen LogP contribution < -0.4 is 15.9 Å². The zero-order chi connectivity index (χ0) is 21.1. The van der Waals surface area contributed by atoms with Gasteiger partial charge in [-0.25, -0.2) is 15.0 Å². The van der Waals surface area contributed by atoms with E-state index in [1.807, 2.05) is 36.4 Å². The summed E-state index contributed by atoms with van der Waals surface area (Å²) in [5, 5.41) is 11.4. The molecule has 0 unspecified atom stereocenters. The topological polar surface area (TPSA) is 133 Å². The Morgan fingerprint density at radius 1 is 1.33 bits per heavy atom. The lowest BCUT2D eigenvalue weighted by Gasteiger charge is -2.07. The van der Waals surface area contributed by atoms with Crippen molar-refractivity contribution in [2.24, 2.45) is 5.10 Å². The number of para-hydroxylation sites is 2. The summed E-state index contributed by atoms with van der Waals surface area (Å²) >= 11 is 3.41. The Bertz CT molecular complexity index is 1250. The number of fused-ring (bicyclic) bond motifs is 1. The maximum absolute atomic E-state index is 12.5. The summed E-state index contributed by atoms with van der Waals surface area (Å²) in [6.07, 6.45) is 1.54. The Kier molecular flexibility index (Phi) is 5.44. The van der Waals surface area contributed by atoms with Gasteiger partial charge in [-0.05, 0) is 62.1 Å². The van der Waals surface area contributed by atoms with E-state index >= 15 is 0 Å². The van der Waals surface area contributed by atoms with Gasteiger partial charge in [0.25, 0.3) is 5.91 Å². The molecule has 0 atom stereocenters. The monoisotopic (exact) mass is 469 g/mol. The minimum absolute atomic E-state index is 0.0498. The standard InChI is InChI=1S/C19H16BrN7O3/c1-29-15-7-6-11(8-12(15)20)9-22-24-16(28)10-27-14-5-3-2-4-13(14)23-19(27)17-18(21)26-30-25-17/h2-9H,10H2,1H3,(H2,21,26)(H,24,28)/b22-9-. The van der Waals surface area contributed by atoms with Crippen molar-refractivity contribution in [1.82, 2.24) is 25.3 Å². The number of anilines is 1. The Morgan fingerprint density at radius 2 is 2.17 bits per heavy atom. The van der Waals surface area contributed by atoms with E-state index in [0.717, 1.165) is 15.6 Å². The lowest BCUT2D eigenvalue weighted by Crippen LogP contribution is -2.23. The molecule has 0 saturated heterocycles. The fourth-order valence-electron chi connectivity index (χ4n) is 2.89. The minimum atomic E-state index is -0.349. The predicted octanol–water partition coefficient (Wildman–Crippen LogP) is 2.59. The van der Waals surface area contributed by atoms with Gasteiger partial charge in [-0.2, -0.15) is 5.10 Å². The maximum atomic E-state index is 12.5. The second-order valence-corrected chi connectivity index (χ2v) is 7.05. The molecule has 0 aliphatic carbocycles. The van der Waals surface area contributed by atoms with Crippen molar-refractivity contribution in [2.75, 3.05) is 12.8 Å². The predicted molar refractivity (Wildman–Crippen MR) is 114 cm³/mol. The van der Waals surface area contributed by atoms with Crippen LogP contribution in [0.3, 0.4) is 0 Å². The third-order valence-corrected chi connectivity index (χ3v) is 4.88. The molecule has 30 heavy (non-hydrogen) atoms. The van der Waals surface area contributed by atoms with Crippen molar-refractivity contribution in [2.45, 2.75) is 6.54 Å². The fourth-order valence-corrected chi connectivity index (χ4v) is 3.45. The van der Waals surface area contributed by atoms with Crippen molar-refractivity contribution in [1.29, 1.82) is 0 Å². The number of benzene rings is 2. The van der Waals surface area contributed by atoms with Crippen molar-refractivity contribution >= 4 is 44.9 Å². The van der Waals surface area contributed by atoms with Crippen molar-refractivity contribution < 1.29 is 14.2 Å².